The number of nitrogens with zero attached hydrogens (tertiary/aromatic N) is 1. The van der Waals surface area contributed by atoms with E-state index in [1.54, 1.807) is 0 Å². The Morgan fingerprint density at radius 2 is 2.09 bits per heavy atom. The quantitative estimate of drug-likeness (QED) is 0.885. The Hall–Kier alpha value is -2.40. The van der Waals surface area contributed by atoms with Gasteiger partial charge in [0.05, 0.1) is 25.4 Å². The van der Waals surface area contributed by atoms with E-state index in [0.29, 0.717) is 18.1 Å². The van der Waals surface area contributed by atoms with Gasteiger partial charge in [-0.2, -0.15) is 0 Å². The molecular weight excluding hydrogens is 282 g/mol. The third-order valence-electron chi connectivity index (χ3n) is 3.10. The zero-order valence-electron chi connectivity index (χ0n) is 12.9. The normalized spacial score (nSPS) is 10.7. The van der Waals surface area contributed by atoms with E-state index in [9.17, 15) is 4.79 Å². The number of aromatic nitrogens is 1. The molecule has 0 amide bonds. The Bertz CT molecular complexity index is 667. The van der Waals surface area contributed by atoms with Crippen LogP contribution in [0.1, 0.15) is 29.8 Å². The number of methoxy groups -OCH3 is 1. The molecule has 0 saturated heterocycles. The number of rotatable bonds is 6. The first kappa shape index (κ1) is 16.0. The third kappa shape index (κ3) is 3.83. The molecule has 0 aliphatic rings. The van der Waals surface area contributed by atoms with Crippen LogP contribution in [0.3, 0.4) is 0 Å². The molecule has 0 unspecified atom stereocenters. The van der Waals surface area contributed by atoms with Crippen molar-refractivity contribution < 1.29 is 19.4 Å². The molecule has 0 atom stereocenters. The summed E-state index contributed by atoms with van der Waals surface area (Å²) in [7, 11) is 1.50. The summed E-state index contributed by atoms with van der Waals surface area (Å²) in [6.07, 6.45) is 1.49. The summed E-state index contributed by atoms with van der Waals surface area (Å²) in [5.41, 5.74) is 2.59. The van der Waals surface area contributed by atoms with Crippen LogP contribution in [0.25, 0.3) is 11.3 Å². The van der Waals surface area contributed by atoms with Gasteiger partial charge in [-0.05, 0) is 31.5 Å². The molecule has 2 aromatic rings. The monoisotopic (exact) mass is 301 g/mol. The Labute approximate surface area is 129 Å². The van der Waals surface area contributed by atoms with E-state index >= 15 is 0 Å². The molecule has 22 heavy (non-hydrogen) atoms. The summed E-state index contributed by atoms with van der Waals surface area (Å²) < 4.78 is 10.9. The van der Waals surface area contributed by atoms with Crippen molar-refractivity contribution in [2.75, 3.05) is 7.11 Å². The van der Waals surface area contributed by atoms with E-state index in [-0.39, 0.29) is 11.7 Å². The zero-order chi connectivity index (χ0) is 16.1. The van der Waals surface area contributed by atoms with Crippen molar-refractivity contribution in [3.8, 4) is 17.0 Å². The van der Waals surface area contributed by atoms with Crippen molar-refractivity contribution in [1.29, 1.82) is 0 Å². The van der Waals surface area contributed by atoms with E-state index in [0.717, 1.165) is 11.1 Å². The summed E-state index contributed by atoms with van der Waals surface area (Å²) in [6, 6.07) is 9.24. The van der Waals surface area contributed by atoms with Gasteiger partial charge in [-0.1, -0.05) is 18.2 Å². The fourth-order valence-corrected chi connectivity index (χ4v) is 2.01. The third-order valence-corrected chi connectivity index (χ3v) is 3.10. The number of carboxylic acid groups (broad SMARTS) is 1. The SMILES string of the molecule is COc1cc(C(=O)O)cnc1-c1cccc(COC(C)C)c1. The first-order chi connectivity index (χ1) is 10.5. The molecule has 0 fully saturated rings. The second-order valence-corrected chi connectivity index (χ2v) is 5.14. The Kier molecular flexibility index (Phi) is 5.12. The van der Waals surface area contributed by atoms with Crippen LogP contribution in [0.4, 0.5) is 0 Å². The lowest BCUT2D eigenvalue weighted by Crippen LogP contribution is -2.03. The number of aromatic carboxylic acids is 1. The average molecular weight is 301 g/mol. The van der Waals surface area contributed by atoms with Gasteiger partial charge in [0.1, 0.15) is 11.4 Å². The number of ether oxygens (including phenoxy) is 2. The number of pyridine rings is 1. The maximum Gasteiger partial charge on any atom is 0.337 e. The molecule has 116 valence electrons. The van der Waals surface area contributed by atoms with Gasteiger partial charge in [0.15, 0.2) is 0 Å². The lowest BCUT2D eigenvalue weighted by molar-refractivity contribution is 0.0657. The average Bonchev–Trinajstić information content (AvgIpc) is 2.52. The van der Waals surface area contributed by atoms with Crippen LogP contribution in [0, 0.1) is 0 Å². The van der Waals surface area contributed by atoms with E-state index in [1.807, 2.05) is 38.1 Å². The Balaban J connectivity index is 2.35. The van der Waals surface area contributed by atoms with Crippen molar-refractivity contribution in [1.82, 2.24) is 4.98 Å². The standard InChI is InChI=1S/C17H19NO4/c1-11(2)22-10-12-5-4-6-13(7-12)16-15(21-3)8-14(9-18-16)17(19)20/h4-9,11H,10H2,1-3H3,(H,19,20). The highest BCUT2D eigenvalue weighted by molar-refractivity contribution is 5.88. The summed E-state index contributed by atoms with van der Waals surface area (Å²) in [4.78, 5) is 15.2. The summed E-state index contributed by atoms with van der Waals surface area (Å²) >= 11 is 0. The minimum absolute atomic E-state index is 0.0971. The Morgan fingerprint density at radius 3 is 2.73 bits per heavy atom. The molecular formula is C17H19NO4. The first-order valence-corrected chi connectivity index (χ1v) is 6.99. The van der Waals surface area contributed by atoms with Crippen LogP contribution in [0.5, 0.6) is 5.75 Å². The molecule has 1 N–H and O–H groups in total. The highest BCUT2D eigenvalue weighted by Crippen LogP contribution is 2.29. The summed E-state index contributed by atoms with van der Waals surface area (Å²) in [6.45, 7) is 4.49. The van der Waals surface area contributed by atoms with Gasteiger partial charge < -0.3 is 14.6 Å². The maximum absolute atomic E-state index is 11.0. The van der Waals surface area contributed by atoms with Crippen LogP contribution in [-0.2, 0) is 11.3 Å². The number of carbonyl (C=O) groups is 1. The van der Waals surface area contributed by atoms with Crippen molar-refractivity contribution in [3.63, 3.8) is 0 Å². The topological polar surface area (TPSA) is 68.7 Å². The van der Waals surface area contributed by atoms with Gasteiger partial charge in [-0.15, -0.1) is 0 Å². The van der Waals surface area contributed by atoms with Crippen molar-refractivity contribution in [2.24, 2.45) is 0 Å². The van der Waals surface area contributed by atoms with Gasteiger partial charge >= 0.3 is 5.97 Å². The lowest BCUT2D eigenvalue weighted by Gasteiger charge is -2.11. The minimum atomic E-state index is -1.03. The van der Waals surface area contributed by atoms with E-state index in [4.69, 9.17) is 14.6 Å². The molecule has 0 spiro atoms. The molecule has 0 radical (unpaired) electrons. The molecule has 5 heteroatoms. The van der Waals surface area contributed by atoms with Crippen LogP contribution >= 0.6 is 0 Å². The van der Waals surface area contributed by atoms with Crippen molar-refractivity contribution >= 4 is 5.97 Å². The van der Waals surface area contributed by atoms with Gasteiger partial charge in [0.25, 0.3) is 0 Å². The fourth-order valence-electron chi connectivity index (χ4n) is 2.01. The molecule has 2 rings (SSSR count). The van der Waals surface area contributed by atoms with Gasteiger partial charge in [0.2, 0.25) is 0 Å². The van der Waals surface area contributed by atoms with Crippen LogP contribution in [-0.4, -0.2) is 29.3 Å². The minimum Gasteiger partial charge on any atom is -0.494 e. The van der Waals surface area contributed by atoms with Gasteiger partial charge in [-0.25, -0.2) is 4.79 Å². The van der Waals surface area contributed by atoms with Crippen molar-refractivity contribution in [3.05, 3.63) is 47.7 Å². The number of hydrogen-bond donors (Lipinski definition) is 1. The summed E-state index contributed by atoms with van der Waals surface area (Å²) in [5, 5.41) is 9.02. The van der Waals surface area contributed by atoms with E-state index < -0.39 is 5.97 Å². The molecule has 1 heterocycles. The second-order valence-electron chi connectivity index (χ2n) is 5.14. The lowest BCUT2D eigenvalue weighted by atomic mass is 10.1. The molecule has 1 aromatic heterocycles. The smallest absolute Gasteiger partial charge is 0.337 e. The fraction of sp³-hybridized carbons (Fsp3) is 0.294. The number of carboxylic acids is 1. The summed E-state index contributed by atoms with van der Waals surface area (Å²) in [5.74, 6) is -0.599. The molecule has 5 nitrogen and oxygen atoms in total. The molecule has 0 aliphatic heterocycles. The number of hydrogen-bond acceptors (Lipinski definition) is 4. The van der Waals surface area contributed by atoms with Crippen LogP contribution < -0.4 is 4.74 Å². The predicted octanol–water partition coefficient (Wildman–Crippen LogP) is 3.38. The molecule has 0 saturated carbocycles. The highest BCUT2D eigenvalue weighted by Gasteiger charge is 2.12. The van der Waals surface area contributed by atoms with Gasteiger partial charge in [0, 0.05) is 11.8 Å². The predicted molar refractivity (Wildman–Crippen MR) is 83.1 cm³/mol. The maximum atomic E-state index is 11.0. The second kappa shape index (κ2) is 7.04. The van der Waals surface area contributed by atoms with Crippen molar-refractivity contribution in [2.45, 2.75) is 26.6 Å². The molecule has 0 aliphatic carbocycles. The first-order valence-electron chi connectivity index (χ1n) is 6.99. The van der Waals surface area contributed by atoms with E-state index in [2.05, 4.69) is 4.98 Å². The largest absolute Gasteiger partial charge is 0.494 e. The molecule has 0 bridgehead atoms. The van der Waals surface area contributed by atoms with Crippen LogP contribution in [0.15, 0.2) is 36.5 Å². The van der Waals surface area contributed by atoms with Gasteiger partial charge in [-0.3, -0.25) is 4.98 Å². The highest BCUT2D eigenvalue weighted by atomic mass is 16.5. The number of benzene rings is 1. The van der Waals surface area contributed by atoms with Crippen LogP contribution in [0.2, 0.25) is 0 Å². The zero-order valence-corrected chi connectivity index (χ0v) is 12.9. The molecule has 1 aromatic carbocycles. The van der Waals surface area contributed by atoms with E-state index in [1.165, 1.54) is 19.4 Å². The Morgan fingerprint density at radius 1 is 1.32 bits per heavy atom.